The van der Waals surface area contributed by atoms with Crippen molar-refractivity contribution in [3.8, 4) is 0 Å². The monoisotopic (exact) mass is 366 g/mol. The lowest BCUT2D eigenvalue weighted by Crippen LogP contribution is -2.05. The van der Waals surface area contributed by atoms with Crippen LogP contribution in [0.5, 0.6) is 0 Å². The highest BCUT2D eigenvalue weighted by Crippen LogP contribution is 2.22. The maximum absolute atomic E-state index is 12.3. The smallest absolute Gasteiger partial charge is 0.211 e. The van der Waals surface area contributed by atoms with Gasteiger partial charge in [0, 0.05) is 10.2 Å². The summed E-state index contributed by atoms with van der Waals surface area (Å²) in [4.78, 5) is 4.40. The SMILES string of the molecule is Nc1ccc2oc(CS(=O)(=O)c3ccc(Br)cc3)nc2c1. The number of hydrogen-bond donors (Lipinski definition) is 1. The molecule has 2 N–H and O–H groups in total. The zero-order valence-electron chi connectivity index (χ0n) is 10.8. The number of sulfone groups is 1. The Bertz CT molecular complexity index is 902. The van der Waals surface area contributed by atoms with E-state index < -0.39 is 9.84 Å². The molecule has 0 bridgehead atoms. The Balaban J connectivity index is 1.95. The van der Waals surface area contributed by atoms with Gasteiger partial charge in [0.15, 0.2) is 15.4 Å². The lowest BCUT2D eigenvalue weighted by Gasteiger charge is -2.01. The summed E-state index contributed by atoms with van der Waals surface area (Å²) in [7, 11) is -3.50. The molecule has 0 saturated carbocycles. The van der Waals surface area contributed by atoms with Gasteiger partial charge >= 0.3 is 0 Å². The normalized spacial score (nSPS) is 11.9. The summed E-state index contributed by atoms with van der Waals surface area (Å²) in [6.07, 6.45) is 0. The molecule has 0 aliphatic rings. The van der Waals surface area contributed by atoms with Gasteiger partial charge in [0.25, 0.3) is 0 Å². The predicted molar refractivity (Wildman–Crippen MR) is 83.5 cm³/mol. The fourth-order valence-electron chi connectivity index (χ4n) is 1.94. The first-order chi connectivity index (χ1) is 9.94. The highest BCUT2D eigenvalue weighted by atomic mass is 79.9. The molecule has 0 unspecified atom stereocenters. The van der Waals surface area contributed by atoms with Gasteiger partial charge in [-0.1, -0.05) is 15.9 Å². The van der Waals surface area contributed by atoms with Crippen molar-refractivity contribution in [3.05, 3.63) is 52.8 Å². The fraction of sp³-hybridized carbons (Fsp3) is 0.0714. The molecule has 0 aliphatic carbocycles. The number of rotatable bonds is 3. The molecule has 1 aromatic heterocycles. The van der Waals surface area contributed by atoms with Crippen LogP contribution in [0.15, 0.2) is 56.2 Å². The number of anilines is 1. The number of benzene rings is 2. The Kier molecular flexibility index (Phi) is 3.46. The molecular formula is C14H11BrN2O3S. The van der Waals surface area contributed by atoms with Gasteiger partial charge in [-0.15, -0.1) is 0 Å². The summed E-state index contributed by atoms with van der Waals surface area (Å²) >= 11 is 3.27. The van der Waals surface area contributed by atoms with E-state index >= 15 is 0 Å². The lowest BCUT2D eigenvalue weighted by molar-refractivity contribution is 0.540. The van der Waals surface area contributed by atoms with Gasteiger partial charge in [0.1, 0.15) is 11.3 Å². The van der Waals surface area contributed by atoms with Crippen LogP contribution in [0.25, 0.3) is 11.1 Å². The summed E-state index contributed by atoms with van der Waals surface area (Å²) in [5.74, 6) is -0.137. The Morgan fingerprint density at radius 3 is 2.57 bits per heavy atom. The van der Waals surface area contributed by atoms with E-state index in [2.05, 4.69) is 20.9 Å². The largest absolute Gasteiger partial charge is 0.440 e. The molecule has 3 rings (SSSR count). The summed E-state index contributed by atoms with van der Waals surface area (Å²) in [5.41, 5.74) is 7.29. The molecule has 2 aromatic carbocycles. The molecule has 0 spiro atoms. The third-order valence-electron chi connectivity index (χ3n) is 2.94. The van der Waals surface area contributed by atoms with Gasteiger partial charge in [-0.2, -0.15) is 0 Å². The van der Waals surface area contributed by atoms with E-state index in [1.165, 1.54) is 0 Å². The van der Waals surface area contributed by atoms with Crippen molar-refractivity contribution in [1.82, 2.24) is 4.98 Å². The molecule has 0 aliphatic heterocycles. The molecule has 108 valence electrons. The van der Waals surface area contributed by atoms with Crippen molar-refractivity contribution in [3.63, 3.8) is 0 Å². The second-order valence-corrected chi connectivity index (χ2v) is 7.45. The Labute approximate surface area is 129 Å². The number of nitrogens with two attached hydrogens (primary N) is 1. The first-order valence-corrected chi connectivity index (χ1v) is 8.52. The Morgan fingerprint density at radius 1 is 1.14 bits per heavy atom. The number of nitrogen functional groups attached to an aromatic ring is 1. The van der Waals surface area contributed by atoms with Crippen molar-refractivity contribution >= 4 is 42.6 Å². The molecule has 5 nitrogen and oxygen atoms in total. The van der Waals surface area contributed by atoms with E-state index in [0.717, 1.165) is 4.47 Å². The molecule has 0 atom stereocenters. The number of oxazole rings is 1. The van der Waals surface area contributed by atoms with Gasteiger partial charge in [-0.05, 0) is 42.5 Å². The standard InChI is InChI=1S/C14H11BrN2O3S/c15-9-1-4-11(5-2-9)21(18,19)8-14-17-12-7-10(16)3-6-13(12)20-14/h1-7H,8,16H2. The molecular weight excluding hydrogens is 356 g/mol. The van der Waals surface area contributed by atoms with Crippen molar-refractivity contribution in [2.75, 3.05) is 5.73 Å². The van der Waals surface area contributed by atoms with E-state index in [0.29, 0.717) is 16.8 Å². The van der Waals surface area contributed by atoms with Crippen LogP contribution in [-0.4, -0.2) is 13.4 Å². The number of nitrogens with zero attached hydrogens (tertiary/aromatic N) is 1. The number of aromatic nitrogens is 1. The van der Waals surface area contributed by atoms with Crippen molar-refractivity contribution in [2.24, 2.45) is 0 Å². The fourth-order valence-corrected chi connectivity index (χ4v) is 3.37. The second kappa shape index (κ2) is 5.16. The molecule has 0 saturated heterocycles. The van der Waals surface area contributed by atoms with E-state index in [-0.39, 0.29) is 16.5 Å². The number of hydrogen-bond acceptors (Lipinski definition) is 5. The van der Waals surface area contributed by atoms with Crippen molar-refractivity contribution < 1.29 is 12.8 Å². The van der Waals surface area contributed by atoms with Crippen LogP contribution >= 0.6 is 15.9 Å². The predicted octanol–water partition coefficient (Wildman–Crippen LogP) is 3.15. The first-order valence-electron chi connectivity index (χ1n) is 6.07. The Morgan fingerprint density at radius 2 is 1.86 bits per heavy atom. The van der Waals surface area contributed by atoms with Crippen molar-refractivity contribution in [1.29, 1.82) is 0 Å². The minimum atomic E-state index is -3.50. The van der Waals surface area contributed by atoms with E-state index in [1.807, 2.05) is 0 Å². The summed E-state index contributed by atoms with van der Waals surface area (Å²) in [6, 6.07) is 11.4. The molecule has 0 radical (unpaired) electrons. The summed E-state index contributed by atoms with van der Waals surface area (Å²) < 4.78 is 30.9. The molecule has 1 heterocycles. The molecule has 7 heteroatoms. The molecule has 21 heavy (non-hydrogen) atoms. The molecule has 0 amide bonds. The van der Waals surface area contributed by atoms with Crippen LogP contribution in [0.4, 0.5) is 5.69 Å². The van der Waals surface area contributed by atoms with Gasteiger partial charge in [0.2, 0.25) is 5.89 Å². The quantitative estimate of drug-likeness (QED) is 0.719. The summed E-state index contributed by atoms with van der Waals surface area (Å²) in [6.45, 7) is 0. The van der Waals surface area contributed by atoms with Crippen LogP contribution < -0.4 is 5.73 Å². The van der Waals surface area contributed by atoms with Crippen LogP contribution in [0, 0.1) is 0 Å². The van der Waals surface area contributed by atoms with Crippen LogP contribution in [0.2, 0.25) is 0 Å². The number of halogens is 1. The third-order valence-corrected chi connectivity index (χ3v) is 5.09. The van der Waals surface area contributed by atoms with Gasteiger partial charge in [-0.25, -0.2) is 13.4 Å². The topological polar surface area (TPSA) is 86.2 Å². The second-order valence-electron chi connectivity index (χ2n) is 4.55. The average molecular weight is 367 g/mol. The molecule has 3 aromatic rings. The summed E-state index contributed by atoms with van der Waals surface area (Å²) in [5, 5.41) is 0. The minimum absolute atomic E-state index is 0.151. The lowest BCUT2D eigenvalue weighted by atomic mass is 10.3. The van der Waals surface area contributed by atoms with Gasteiger partial charge < -0.3 is 10.2 Å². The van der Waals surface area contributed by atoms with Crippen LogP contribution in [0.1, 0.15) is 5.89 Å². The number of fused-ring (bicyclic) bond motifs is 1. The van der Waals surface area contributed by atoms with Crippen molar-refractivity contribution in [2.45, 2.75) is 10.6 Å². The highest BCUT2D eigenvalue weighted by molar-refractivity contribution is 9.10. The third kappa shape index (κ3) is 2.93. The Hall–Kier alpha value is -1.86. The zero-order valence-corrected chi connectivity index (χ0v) is 13.2. The van der Waals surface area contributed by atoms with E-state index in [4.69, 9.17) is 10.2 Å². The van der Waals surface area contributed by atoms with Gasteiger partial charge in [-0.3, -0.25) is 0 Å². The maximum Gasteiger partial charge on any atom is 0.211 e. The van der Waals surface area contributed by atoms with E-state index in [9.17, 15) is 8.42 Å². The average Bonchev–Trinajstić information content (AvgIpc) is 2.79. The van der Waals surface area contributed by atoms with Crippen LogP contribution in [-0.2, 0) is 15.6 Å². The first kappa shape index (κ1) is 14.1. The van der Waals surface area contributed by atoms with Crippen LogP contribution in [0.3, 0.4) is 0 Å². The molecule has 0 fully saturated rings. The van der Waals surface area contributed by atoms with Gasteiger partial charge in [0.05, 0.1) is 4.90 Å². The minimum Gasteiger partial charge on any atom is -0.440 e. The zero-order chi connectivity index (χ0) is 15.0. The van der Waals surface area contributed by atoms with E-state index in [1.54, 1.807) is 42.5 Å². The maximum atomic E-state index is 12.3. The highest BCUT2D eigenvalue weighted by Gasteiger charge is 2.19.